The molecule has 29 heteroatoms. The van der Waals surface area contributed by atoms with Crippen molar-refractivity contribution < 1.29 is 67.4 Å². The number of aliphatic hydroxyl groups excluding tert-OH is 1. The molecule has 1 aliphatic rings. The minimum absolute atomic E-state index is 0. The normalized spacial score (nSPS) is 13.2. The van der Waals surface area contributed by atoms with Crippen molar-refractivity contribution in [3.05, 3.63) is 177 Å². The average Bonchev–Trinajstić information content (AvgIpc) is 1.74. The summed E-state index contributed by atoms with van der Waals surface area (Å²) in [5, 5.41) is 23.1. The first-order valence-electron chi connectivity index (χ1n) is 25.7. The van der Waals surface area contributed by atoms with Crippen LogP contribution in [-0.4, -0.2) is 66.5 Å². The molecule has 0 amide bonds. The van der Waals surface area contributed by atoms with Gasteiger partial charge in [0.25, 0.3) is 0 Å². The predicted octanol–water partition coefficient (Wildman–Crippen LogP) is 18.1. The van der Waals surface area contributed by atoms with Gasteiger partial charge in [-0.1, -0.05) is 39.5 Å². The molecule has 1 fully saturated rings. The van der Waals surface area contributed by atoms with Crippen LogP contribution in [0.15, 0.2) is 149 Å². The smallest absolute Gasteiger partial charge is 0.478 e. The molecule has 0 radical (unpaired) electrons. The van der Waals surface area contributed by atoms with E-state index in [1.165, 1.54) is 82.8 Å². The van der Waals surface area contributed by atoms with E-state index >= 15 is 0 Å². The number of thiazole rings is 3. The molecule has 464 valence electrons. The molecule has 9 aromatic rings. The third-order valence-electron chi connectivity index (χ3n) is 11.8. The molecule has 1 saturated heterocycles. The summed E-state index contributed by atoms with van der Waals surface area (Å²) in [6.45, 7) is 12.7. The molecule has 0 saturated carbocycles. The van der Waals surface area contributed by atoms with E-state index in [1.807, 2.05) is 53.0 Å². The van der Waals surface area contributed by atoms with Gasteiger partial charge in [0, 0.05) is 81.7 Å². The fourth-order valence-electron chi connectivity index (χ4n) is 6.89. The SMILES string of the molecule is C.CC1(C)OB(c2ccnc(F)c2)OC1(C)C.CCCO.CCCOc1cc(-c2csc(Nc3cccc(C(F)(F)F)c3)n2)ccn1.FC(F)(F)c1cccc(Nc2nc(Br)cs2)c1.Fc1cc(-c2csc(Nc3cccc(C(F)(F)F)c3)n2)ccn1. The molecule has 6 aromatic heterocycles. The Hall–Kier alpha value is -7.15. The van der Waals surface area contributed by atoms with E-state index in [1.54, 1.807) is 47.3 Å². The number of hydrogen-bond acceptors (Lipinski definition) is 16. The van der Waals surface area contributed by atoms with Gasteiger partial charge < -0.3 is 35.1 Å². The van der Waals surface area contributed by atoms with Crippen LogP contribution in [0.25, 0.3) is 22.5 Å². The van der Waals surface area contributed by atoms with Crippen molar-refractivity contribution >= 4 is 95.0 Å². The van der Waals surface area contributed by atoms with Gasteiger partial charge >= 0.3 is 25.6 Å². The van der Waals surface area contributed by atoms with Crippen molar-refractivity contribution in [2.45, 2.75) is 91.5 Å². The Morgan fingerprint density at radius 2 is 0.954 bits per heavy atom. The minimum Gasteiger partial charge on any atom is -0.478 e. The van der Waals surface area contributed by atoms with Crippen LogP contribution in [0.1, 0.15) is 78.5 Å². The summed E-state index contributed by atoms with van der Waals surface area (Å²) >= 11 is 7.00. The van der Waals surface area contributed by atoms with E-state index in [0.29, 0.717) is 72.9 Å². The Labute approximate surface area is 515 Å². The Morgan fingerprint density at radius 3 is 1.34 bits per heavy atom. The van der Waals surface area contributed by atoms with Gasteiger partial charge in [0.15, 0.2) is 15.4 Å². The first kappa shape index (κ1) is 70.6. The molecule has 3 aromatic carbocycles. The fourth-order valence-corrected chi connectivity index (χ4v) is 9.53. The summed E-state index contributed by atoms with van der Waals surface area (Å²) in [6.07, 6.45) is -6.98. The van der Waals surface area contributed by atoms with E-state index in [0.717, 1.165) is 54.8 Å². The second-order valence-corrected chi connectivity index (χ2v) is 22.4. The molecular weight excluding hydrogens is 1280 g/mol. The molecule has 0 atom stereocenters. The predicted molar refractivity (Wildman–Crippen MR) is 324 cm³/mol. The third-order valence-corrected chi connectivity index (χ3v) is 14.8. The molecule has 0 unspecified atom stereocenters. The van der Waals surface area contributed by atoms with Crippen LogP contribution in [0.2, 0.25) is 0 Å². The maximum absolute atomic E-state index is 13.1. The van der Waals surface area contributed by atoms with Crippen LogP contribution in [0.4, 0.5) is 80.8 Å². The van der Waals surface area contributed by atoms with E-state index in [9.17, 15) is 48.3 Å². The Morgan fingerprint density at radius 1 is 0.552 bits per heavy atom. The molecule has 0 bridgehead atoms. The second-order valence-electron chi connectivity index (χ2n) is 19.0. The Bertz CT molecular complexity index is 3570. The number of benzene rings is 3. The topological polar surface area (TPSA) is 161 Å². The maximum Gasteiger partial charge on any atom is 0.495 e. The molecule has 0 spiro atoms. The maximum atomic E-state index is 13.1. The molecular formula is C58H58BBrF11N9O4S3. The number of nitrogens with one attached hydrogen (secondary N) is 3. The second kappa shape index (κ2) is 31.7. The van der Waals surface area contributed by atoms with Crippen molar-refractivity contribution in [1.29, 1.82) is 0 Å². The summed E-state index contributed by atoms with van der Waals surface area (Å²) in [6, 6.07) is 24.3. The number of alkyl halides is 9. The number of halogens is 12. The van der Waals surface area contributed by atoms with Gasteiger partial charge in [-0.25, -0.2) is 29.9 Å². The number of rotatable bonds is 13. The lowest BCUT2D eigenvalue weighted by Crippen LogP contribution is -2.41. The van der Waals surface area contributed by atoms with Gasteiger partial charge in [0.05, 0.1) is 45.9 Å². The van der Waals surface area contributed by atoms with Crippen molar-refractivity contribution in [1.82, 2.24) is 29.9 Å². The first-order valence-corrected chi connectivity index (χ1v) is 29.1. The van der Waals surface area contributed by atoms with Gasteiger partial charge in [0.1, 0.15) is 4.60 Å². The zero-order valence-electron chi connectivity index (χ0n) is 46.4. The highest BCUT2D eigenvalue weighted by atomic mass is 79.9. The summed E-state index contributed by atoms with van der Waals surface area (Å²) < 4.78 is 158. The molecule has 87 heavy (non-hydrogen) atoms. The van der Waals surface area contributed by atoms with Gasteiger partial charge in [-0.3, -0.25) is 0 Å². The third kappa shape index (κ3) is 21.9. The van der Waals surface area contributed by atoms with Crippen LogP contribution < -0.4 is 26.2 Å². The highest BCUT2D eigenvalue weighted by Gasteiger charge is 2.51. The number of aromatic nitrogens is 6. The number of aliphatic hydroxyl groups is 1. The molecule has 4 N–H and O–H groups in total. The van der Waals surface area contributed by atoms with Gasteiger partial charge in [-0.05, 0) is 141 Å². The van der Waals surface area contributed by atoms with Crippen LogP contribution in [0, 0.1) is 11.9 Å². The zero-order valence-corrected chi connectivity index (χ0v) is 50.4. The Balaban J connectivity index is 0.000000210. The first-order chi connectivity index (χ1) is 40.5. The number of ether oxygens (including phenoxy) is 1. The van der Waals surface area contributed by atoms with Crippen LogP contribution >= 0.6 is 49.9 Å². The molecule has 7 heterocycles. The highest BCUT2D eigenvalue weighted by Crippen LogP contribution is 2.38. The quantitative estimate of drug-likeness (QED) is 0.0491. The minimum atomic E-state index is -4.40. The van der Waals surface area contributed by atoms with Crippen LogP contribution in [0.3, 0.4) is 0 Å². The number of anilines is 6. The monoisotopic (exact) mass is 1340 g/mol. The number of pyridine rings is 3. The van der Waals surface area contributed by atoms with E-state index in [2.05, 4.69) is 61.8 Å². The van der Waals surface area contributed by atoms with Crippen LogP contribution in [-0.2, 0) is 27.8 Å². The molecule has 0 aliphatic carbocycles. The lowest BCUT2D eigenvalue weighted by molar-refractivity contribution is -0.138. The zero-order chi connectivity index (χ0) is 62.9. The summed E-state index contributed by atoms with van der Waals surface area (Å²) in [4.78, 5) is 23.8. The lowest BCUT2D eigenvalue weighted by atomic mass is 9.80. The van der Waals surface area contributed by atoms with Gasteiger partial charge in [-0.15, -0.1) is 34.0 Å². The molecule has 13 nitrogen and oxygen atoms in total. The van der Waals surface area contributed by atoms with Crippen molar-refractivity contribution in [2.75, 3.05) is 29.2 Å². The van der Waals surface area contributed by atoms with Crippen molar-refractivity contribution in [2.24, 2.45) is 0 Å². The Kier molecular flexibility index (Phi) is 25.7. The van der Waals surface area contributed by atoms with Crippen LogP contribution in [0.5, 0.6) is 5.88 Å². The highest BCUT2D eigenvalue weighted by molar-refractivity contribution is 9.10. The van der Waals surface area contributed by atoms with Crippen molar-refractivity contribution in [3.63, 3.8) is 0 Å². The summed E-state index contributed by atoms with van der Waals surface area (Å²) in [5.41, 5.74) is 1.30. The lowest BCUT2D eigenvalue weighted by Gasteiger charge is -2.32. The van der Waals surface area contributed by atoms with E-state index in [4.69, 9.17) is 19.2 Å². The van der Waals surface area contributed by atoms with E-state index in [-0.39, 0.29) is 13.1 Å². The van der Waals surface area contributed by atoms with E-state index < -0.39 is 65.4 Å². The largest absolute Gasteiger partial charge is 0.495 e. The van der Waals surface area contributed by atoms with Crippen molar-refractivity contribution in [3.8, 4) is 28.4 Å². The fraction of sp³-hybridized carbons (Fsp3) is 0.276. The van der Waals surface area contributed by atoms with Gasteiger partial charge in [0.2, 0.25) is 17.8 Å². The van der Waals surface area contributed by atoms with Gasteiger partial charge in [-0.2, -0.15) is 48.3 Å². The molecule has 1 aliphatic heterocycles. The summed E-state index contributed by atoms with van der Waals surface area (Å²) in [7, 11) is -0.525. The number of hydrogen-bond donors (Lipinski definition) is 4. The molecule has 10 rings (SSSR count). The standard InChI is InChI=1S/C18H16F3N3OS.C15H9F4N3S.C11H15BFNO2.C10H6BrF3N2S.C3H8O.CH4/c1-2-8-25-16-9-12(6-7-22-16)15-11-26-17(24-15)23-14-5-3-4-13(10-14)18(19,20)21;16-13-6-9(4-5-20-13)12-8-23-14(22-12)21-11-3-1-2-10(7-11)15(17,18)19;1-10(2)11(3,4)16-12(15-10)8-5-6-14-9(13)7-8;11-8-5-17-9(16-8)15-7-3-1-2-6(4-7)10(12,13)14;1-2-3-4;/h3-7,9-11H,2,8H2,1H3,(H,23,24);1-8H,(H,21,22);5-7H,1-4H3;1-5H,(H,15,16);4H,2-3H2,1H3;1H4. The summed E-state index contributed by atoms with van der Waals surface area (Å²) in [5.74, 6) is -0.625. The number of nitrogens with zero attached hydrogens (tertiary/aromatic N) is 6. The average molecular weight is 1340 g/mol.